The molecule has 7 nitrogen and oxygen atoms in total. The summed E-state index contributed by atoms with van der Waals surface area (Å²) in [5, 5.41) is 1.97. The summed E-state index contributed by atoms with van der Waals surface area (Å²) in [5.41, 5.74) is 2.33. The van der Waals surface area contributed by atoms with Crippen molar-refractivity contribution in [3.05, 3.63) is 103 Å². The number of nitrogens with zero attached hydrogens (tertiary/aromatic N) is 2. The third-order valence-corrected chi connectivity index (χ3v) is 7.58. The Hall–Kier alpha value is -4.17. The van der Waals surface area contributed by atoms with Gasteiger partial charge in [-0.05, 0) is 75.4 Å². The lowest BCUT2D eigenvalue weighted by Crippen LogP contribution is -2.40. The van der Waals surface area contributed by atoms with Crippen molar-refractivity contribution in [2.24, 2.45) is 4.99 Å². The molecule has 2 heterocycles. The zero-order valence-electron chi connectivity index (χ0n) is 23.3. The lowest BCUT2D eigenvalue weighted by atomic mass is 9.96. The Kier molecular flexibility index (Phi) is 7.89. The van der Waals surface area contributed by atoms with Gasteiger partial charge in [-0.2, -0.15) is 0 Å². The zero-order chi connectivity index (χ0) is 28.4. The van der Waals surface area contributed by atoms with Crippen LogP contribution in [0.25, 0.3) is 16.8 Å². The van der Waals surface area contributed by atoms with E-state index in [9.17, 15) is 9.59 Å². The predicted octanol–water partition coefficient (Wildman–Crippen LogP) is 5.14. The number of thiazole rings is 1. The topological polar surface area (TPSA) is 79.1 Å². The molecule has 3 aromatic carbocycles. The van der Waals surface area contributed by atoms with Gasteiger partial charge in [-0.3, -0.25) is 9.36 Å². The van der Waals surface area contributed by atoms with Crippen molar-refractivity contribution in [1.82, 2.24) is 4.57 Å². The van der Waals surface area contributed by atoms with E-state index in [2.05, 4.69) is 0 Å². The minimum Gasteiger partial charge on any atom is -0.494 e. The predicted molar refractivity (Wildman–Crippen MR) is 158 cm³/mol. The summed E-state index contributed by atoms with van der Waals surface area (Å²) in [6, 6.07) is 18.7. The van der Waals surface area contributed by atoms with E-state index in [4.69, 9.17) is 19.2 Å². The maximum Gasteiger partial charge on any atom is 0.338 e. The van der Waals surface area contributed by atoms with Crippen molar-refractivity contribution in [3.8, 4) is 11.5 Å². The lowest BCUT2D eigenvalue weighted by molar-refractivity contribution is -0.143. The van der Waals surface area contributed by atoms with Crippen LogP contribution in [0.5, 0.6) is 11.5 Å². The van der Waals surface area contributed by atoms with Crippen molar-refractivity contribution in [1.29, 1.82) is 0 Å². The Morgan fingerprint density at radius 2 is 1.70 bits per heavy atom. The van der Waals surface area contributed by atoms with Gasteiger partial charge in [0, 0.05) is 5.39 Å². The molecule has 0 amide bonds. The summed E-state index contributed by atoms with van der Waals surface area (Å²) in [7, 11) is 0. The number of fused-ring (bicyclic) bond motifs is 2. The fourth-order valence-electron chi connectivity index (χ4n) is 4.93. The molecular formula is C32H32N2O5S. The van der Waals surface area contributed by atoms with Crippen molar-refractivity contribution in [2.45, 2.75) is 46.8 Å². The van der Waals surface area contributed by atoms with Crippen LogP contribution in [0.1, 0.15) is 51.8 Å². The average molecular weight is 557 g/mol. The normalized spacial score (nSPS) is 15.2. The van der Waals surface area contributed by atoms with Crippen LogP contribution >= 0.6 is 11.3 Å². The Labute approximate surface area is 236 Å². The van der Waals surface area contributed by atoms with E-state index in [-0.39, 0.29) is 11.7 Å². The molecular weight excluding hydrogens is 524 g/mol. The first-order valence-corrected chi connectivity index (χ1v) is 14.2. The smallest absolute Gasteiger partial charge is 0.338 e. The molecule has 0 bridgehead atoms. The highest BCUT2D eigenvalue weighted by Crippen LogP contribution is 2.32. The van der Waals surface area contributed by atoms with Crippen LogP contribution < -0.4 is 24.4 Å². The van der Waals surface area contributed by atoms with E-state index < -0.39 is 12.0 Å². The largest absolute Gasteiger partial charge is 0.494 e. The maximum atomic E-state index is 14.0. The third kappa shape index (κ3) is 5.19. The maximum absolute atomic E-state index is 14.0. The highest BCUT2D eigenvalue weighted by Gasteiger charge is 2.33. The Bertz CT molecular complexity index is 1780. The molecule has 0 N–H and O–H groups in total. The van der Waals surface area contributed by atoms with Gasteiger partial charge in [-0.1, -0.05) is 53.8 Å². The van der Waals surface area contributed by atoms with E-state index in [1.54, 1.807) is 25.3 Å². The molecule has 1 aliphatic heterocycles. The van der Waals surface area contributed by atoms with Gasteiger partial charge in [0.05, 0.1) is 41.2 Å². The van der Waals surface area contributed by atoms with Crippen LogP contribution in [-0.2, 0) is 9.53 Å². The minimum absolute atomic E-state index is 0.219. The van der Waals surface area contributed by atoms with Gasteiger partial charge in [0.2, 0.25) is 0 Å². The molecule has 0 saturated carbocycles. The number of benzene rings is 3. The van der Waals surface area contributed by atoms with Crippen molar-refractivity contribution < 1.29 is 19.0 Å². The van der Waals surface area contributed by atoms with E-state index in [1.165, 1.54) is 11.3 Å². The summed E-state index contributed by atoms with van der Waals surface area (Å²) >= 11 is 1.31. The number of carbonyl (C=O) groups excluding carboxylic acids is 1. The quantitative estimate of drug-likeness (QED) is 0.281. The number of allylic oxidation sites excluding steroid dienone is 1. The standard InChI is InChI=1S/C32H32N2O5S/c1-6-37-23-15-12-21(13-16-23)29-28(31(36)39-19(3)4)20(5)33-32-34(29)30(35)27(40-32)18-22-14-17-26(38-7-2)25-11-9-8-10-24(22)25/h8-19,29H,6-7H2,1-5H3/b27-18+/t29-/m1/s1. The van der Waals surface area contributed by atoms with E-state index in [1.807, 2.05) is 80.6 Å². The summed E-state index contributed by atoms with van der Waals surface area (Å²) < 4.78 is 19.2. The highest BCUT2D eigenvalue weighted by atomic mass is 32.1. The number of hydrogen-bond donors (Lipinski definition) is 0. The molecule has 1 atom stereocenters. The van der Waals surface area contributed by atoms with Gasteiger partial charge < -0.3 is 14.2 Å². The summed E-state index contributed by atoms with van der Waals surface area (Å²) in [6.45, 7) is 10.4. The minimum atomic E-state index is -0.683. The zero-order valence-corrected chi connectivity index (χ0v) is 24.1. The van der Waals surface area contributed by atoms with Crippen molar-refractivity contribution >= 4 is 34.2 Å². The van der Waals surface area contributed by atoms with Crippen LogP contribution in [0, 0.1) is 0 Å². The molecule has 8 heteroatoms. The number of aromatic nitrogens is 1. The average Bonchev–Trinajstić information content (AvgIpc) is 3.23. The van der Waals surface area contributed by atoms with Crippen molar-refractivity contribution in [3.63, 3.8) is 0 Å². The third-order valence-electron chi connectivity index (χ3n) is 6.60. The second kappa shape index (κ2) is 11.5. The SMILES string of the molecule is CCOc1ccc([C@@H]2C(C(=O)OC(C)C)=C(C)N=c3s/c(=C/c4ccc(OCC)c5ccccc45)c(=O)n32)cc1. The van der Waals surface area contributed by atoms with Gasteiger partial charge in [-0.15, -0.1) is 0 Å². The number of esters is 1. The molecule has 1 aliphatic rings. The summed E-state index contributed by atoms with van der Waals surface area (Å²) in [4.78, 5) is 32.6. The first kappa shape index (κ1) is 27.4. The Morgan fingerprint density at radius 3 is 2.38 bits per heavy atom. The Balaban J connectivity index is 1.70. The first-order chi connectivity index (χ1) is 19.3. The lowest BCUT2D eigenvalue weighted by Gasteiger charge is -2.25. The van der Waals surface area contributed by atoms with Gasteiger partial charge in [0.1, 0.15) is 11.5 Å². The summed E-state index contributed by atoms with van der Waals surface area (Å²) in [6.07, 6.45) is 1.58. The van der Waals surface area contributed by atoms with Gasteiger partial charge in [0.15, 0.2) is 4.80 Å². The fraction of sp³-hybridized carbons (Fsp3) is 0.281. The second-order valence-corrected chi connectivity index (χ2v) is 10.7. The molecule has 1 aromatic heterocycles. The van der Waals surface area contributed by atoms with Gasteiger partial charge in [-0.25, -0.2) is 9.79 Å². The van der Waals surface area contributed by atoms with E-state index >= 15 is 0 Å². The molecule has 0 aliphatic carbocycles. The van der Waals surface area contributed by atoms with Crippen LogP contribution in [0.15, 0.2) is 81.7 Å². The van der Waals surface area contributed by atoms with Crippen LogP contribution in [-0.4, -0.2) is 29.9 Å². The molecule has 0 saturated heterocycles. The van der Waals surface area contributed by atoms with Gasteiger partial charge >= 0.3 is 5.97 Å². The number of ether oxygens (including phenoxy) is 3. The fourth-order valence-corrected chi connectivity index (χ4v) is 5.97. The molecule has 0 radical (unpaired) electrons. The highest BCUT2D eigenvalue weighted by molar-refractivity contribution is 7.07. The number of carbonyl (C=O) groups is 1. The van der Waals surface area contributed by atoms with Gasteiger partial charge in [0.25, 0.3) is 5.56 Å². The van der Waals surface area contributed by atoms with Crippen LogP contribution in [0.3, 0.4) is 0 Å². The number of rotatable bonds is 8. The van der Waals surface area contributed by atoms with E-state index in [0.717, 1.165) is 27.6 Å². The van der Waals surface area contributed by atoms with Crippen LogP contribution in [0.4, 0.5) is 0 Å². The molecule has 40 heavy (non-hydrogen) atoms. The summed E-state index contributed by atoms with van der Waals surface area (Å²) in [5.74, 6) is 1.03. The Morgan fingerprint density at radius 1 is 1.00 bits per heavy atom. The molecule has 206 valence electrons. The molecule has 0 spiro atoms. The molecule has 0 fully saturated rings. The van der Waals surface area contributed by atoms with E-state index in [0.29, 0.717) is 39.6 Å². The first-order valence-electron chi connectivity index (χ1n) is 13.4. The van der Waals surface area contributed by atoms with Crippen LogP contribution in [0.2, 0.25) is 0 Å². The number of hydrogen-bond acceptors (Lipinski definition) is 7. The molecule has 0 unspecified atom stereocenters. The monoisotopic (exact) mass is 556 g/mol. The molecule has 5 rings (SSSR count). The second-order valence-electron chi connectivity index (χ2n) is 9.67. The molecule has 4 aromatic rings. The van der Waals surface area contributed by atoms with Crippen molar-refractivity contribution in [2.75, 3.05) is 13.2 Å².